The van der Waals surface area contributed by atoms with Crippen LogP contribution in [-0.2, 0) is 0 Å². The average Bonchev–Trinajstić information content (AvgIpc) is 2.71. The Labute approximate surface area is 112 Å². The van der Waals surface area contributed by atoms with Crippen molar-refractivity contribution in [1.29, 1.82) is 0 Å². The van der Waals surface area contributed by atoms with Gasteiger partial charge in [0.25, 0.3) is 0 Å². The summed E-state index contributed by atoms with van der Waals surface area (Å²) >= 11 is 5.41. The van der Waals surface area contributed by atoms with Crippen LogP contribution in [0.5, 0.6) is 0 Å². The molecule has 0 aliphatic carbocycles. The van der Waals surface area contributed by atoms with Crippen LogP contribution in [0.15, 0.2) is 15.9 Å². The lowest BCUT2D eigenvalue weighted by Gasteiger charge is -2.25. The molecule has 0 radical (unpaired) electrons. The Morgan fingerprint density at radius 1 is 1.25 bits per heavy atom. The van der Waals surface area contributed by atoms with E-state index in [-0.39, 0.29) is 0 Å². The molecule has 0 saturated carbocycles. The largest absolute Gasteiger partial charge is 0.309 e. The predicted octanol–water partition coefficient (Wildman–Crippen LogP) is 4.99. The minimum atomic E-state index is 0.534. The third-order valence-corrected chi connectivity index (χ3v) is 4.74. The highest BCUT2D eigenvalue weighted by atomic mass is 79.9. The highest BCUT2D eigenvalue weighted by Gasteiger charge is 2.20. The van der Waals surface area contributed by atoms with Crippen molar-refractivity contribution < 1.29 is 0 Å². The third kappa shape index (κ3) is 3.86. The quantitative estimate of drug-likeness (QED) is 0.748. The number of nitrogens with one attached hydrogen (secondary N) is 1. The van der Waals surface area contributed by atoms with Gasteiger partial charge in [-0.25, -0.2) is 0 Å². The highest BCUT2D eigenvalue weighted by molar-refractivity contribution is 9.11. The van der Waals surface area contributed by atoms with Crippen LogP contribution in [0.1, 0.15) is 51.0 Å². The Kier molecular flexibility index (Phi) is 6.62. The molecular weight excluding hydrogens is 282 g/mol. The Hall–Kier alpha value is 0.140. The van der Waals surface area contributed by atoms with Crippen LogP contribution in [0.3, 0.4) is 0 Å². The SMILES string of the molecule is CCCNC(c1ccc(Br)s1)C(CC)CC. The van der Waals surface area contributed by atoms with E-state index in [2.05, 4.69) is 54.2 Å². The molecule has 0 aromatic carbocycles. The summed E-state index contributed by atoms with van der Waals surface area (Å²) in [6, 6.07) is 4.94. The summed E-state index contributed by atoms with van der Waals surface area (Å²) in [5, 5.41) is 3.69. The number of thiophene rings is 1. The maximum atomic E-state index is 3.69. The topological polar surface area (TPSA) is 12.0 Å². The minimum Gasteiger partial charge on any atom is -0.309 e. The van der Waals surface area contributed by atoms with Gasteiger partial charge in [0.05, 0.1) is 3.79 Å². The molecule has 0 amide bonds. The van der Waals surface area contributed by atoms with Gasteiger partial charge in [-0.2, -0.15) is 0 Å². The van der Waals surface area contributed by atoms with Crippen molar-refractivity contribution >= 4 is 27.3 Å². The number of hydrogen-bond acceptors (Lipinski definition) is 2. The first-order valence-corrected chi connectivity index (χ1v) is 7.82. The molecule has 1 aromatic heterocycles. The van der Waals surface area contributed by atoms with Gasteiger partial charge in [0, 0.05) is 10.9 Å². The van der Waals surface area contributed by atoms with Crippen LogP contribution in [0.4, 0.5) is 0 Å². The van der Waals surface area contributed by atoms with E-state index in [9.17, 15) is 0 Å². The molecule has 1 N–H and O–H groups in total. The lowest BCUT2D eigenvalue weighted by Crippen LogP contribution is -2.27. The summed E-state index contributed by atoms with van der Waals surface area (Å²) in [5.41, 5.74) is 0. The fraction of sp³-hybridized carbons (Fsp3) is 0.692. The van der Waals surface area contributed by atoms with Gasteiger partial charge in [0.15, 0.2) is 0 Å². The van der Waals surface area contributed by atoms with E-state index in [1.807, 2.05) is 11.3 Å². The molecule has 1 unspecified atom stereocenters. The summed E-state index contributed by atoms with van der Waals surface area (Å²) < 4.78 is 1.23. The molecule has 1 atom stereocenters. The molecule has 16 heavy (non-hydrogen) atoms. The van der Waals surface area contributed by atoms with Gasteiger partial charge in [0.2, 0.25) is 0 Å². The van der Waals surface area contributed by atoms with E-state index in [0.29, 0.717) is 6.04 Å². The van der Waals surface area contributed by atoms with Gasteiger partial charge >= 0.3 is 0 Å². The van der Waals surface area contributed by atoms with Crippen LogP contribution in [-0.4, -0.2) is 6.54 Å². The summed E-state index contributed by atoms with van der Waals surface area (Å²) in [4.78, 5) is 1.47. The van der Waals surface area contributed by atoms with E-state index < -0.39 is 0 Å². The average molecular weight is 304 g/mol. The van der Waals surface area contributed by atoms with Crippen LogP contribution < -0.4 is 5.32 Å². The van der Waals surface area contributed by atoms with Crippen molar-refractivity contribution in [3.05, 3.63) is 20.8 Å². The Bertz CT molecular complexity index is 294. The second-order valence-electron chi connectivity index (χ2n) is 4.15. The molecule has 0 aliphatic rings. The summed E-state index contributed by atoms with van der Waals surface area (Å²) in [7, 11) is 0. The zero-order valence-corrected chi connectivity index (χ0v) is 12.8. The molecule has 0 saturated heterocycles. The molecule has 1 rings (SSSR count). The first-order valence-electron chi connectivity index (χ1n) is 6.21. The van der Waals surface area contributed by atoms with Crippen molar-refractivity contribution in [2.24, 2.45) is 5.92 Å². The highest BCUT2D eigenvalue weighted by Crippen LogP contribution is 2.34. The van der Waals surface area contributed by atoms with Crippen molar-refractivity contribution in [3.8, 4) is 0 Å². The lowest BCUT2D eigenvalue weighted by molar-refractivity contribution is 0.346. The van der Waals surface area contributed by atoms with Gasteiger partial charge < -0.3 is 5.32 Å². The second kappa shape index (κ2) is 7.46. The van der Waals surface area contributed by atoms with Crippen LogP contribution in [0.25, 0.3) is 0 Å². The zero-order chi connectivity index (χ0) is 12.0. The maximum absolute atomic E-state index is 3.69. The second-order valence-corrected chi connectivity index (χ2v) is 6.64. The fourth-order valence-corrected chi connectivity index (χ4v) is 3.65. The van der Waals surface area contributed by atoms with Gasteiger partial charge in [0.1, 0.15) is 0 Å². The fourth-order valence-electron chi connectivity index (χ4n) is 2.05. The van der Waals surface area contributed by atoms with Gasteiger partial charge in [-0.1, -0.05) is 33.6 Å². The molecule has 0 bridgehead atoms. The molecule has 0 aliphatic heterocycles. The van der Waals surface area contributed by atoms with E-state index in [4.69, 9.17) is 0 Å². The summed E-state index contributed by atoms with van der Waals surface area (Å²) in [6.07, 6.45) is 3.68. The standard InChI is InChI=1S/C13H22BrNS/c1-4-9-15-13(10(5-2)6-3)11-7-8-12(14)16-11/h7-8,10,13,15H,4-6,9H2,1-3H3. The summed E-state index contributed by atoms with van der Waals surface area (Å²) in [5.74, 6) is 0.747. The van der Waals surface area contributed by atoms with Gasteiger partial charge in [-0.3, -0.25) is 0 Å². The van der Waals surface area contributed by atoms with Crippen molar-refractivity contribution in [1.82, 2.24) is 5.32 Å². The number of rotatable bonds is 7. The maximum Gasteiger partial charge on any atom is 0.0701 e. The Balaban J connectivity index is 2.77. The van der Waals surface area contributed by atoms with Crippen molar-refractivity contribution in [2.75, 3.05) is 6.54 Å². The normalized spacial score (nSPS) is 13.3. The van der Waals surface area contributed by atoms with Crippen LogP contribution in [0.2, 0.25) is 0 Å². The van der Waals surface area contributed by atoms with Gasteiger partial charge in [-0.05, 0) is 46.9 Å². The molecule has 3 heteroatoms. The molecule has 1 aromatic rings. The van der Waals surface area contributed by atoms with Crippen LogP contribution >= 0.6 is 27.3 Å². The van der Waals surface area contributed by atoms with Crippen molar-refractivity contribution in [2.45, 2.75) is 46.1 Å². The van der Waals surface area contributed by atoms with Crippen molar-refractivity contribution in [3.63, 3.8) is 0 Å². The monoisotopic (exact) mass is 303 g/mol. The Morgan fingerprint density at radius 3 is 2.38 bits per heavy atom. The third-order valence-electron chi connectivity index (χ3n) is 3.03. The molecule has 0 fully saturated rings. The smallest absolute Gasteiger partial charge is 0.0701 e. The van der Waals surface area contributed by atoms with Gasteiger partial charge in [-0.15, -0.1) is 11.3 Å². The molecule has 1 nitrogen and oxygen atoms in total. The minimum absolute atomic E-state index is 0.534. The molecule has 0 spiro atoms. The first kappa shape index (κ1) is 14.2. The predicted molar refractivity (Wildman–Crippen MR) is 77.1 cm³/mol. The van der Waals surface area contributed by atoms with E-state index >= 15 is 0 Å². The van der Waals surface area contributed by atoms with E-state index in [1.54, 1.807) is 0 Å². The summed E-state index contributed by atoms with van der Waals surface area (Å²) in [6.45, 7) is 7.91. The van der Waals surface area contributed by atoms with E-state index in [1.165, 1.54) is 27.9 Å². The first-order chi connectivity index (χ1) is 7.72. The van der Waals surface area contributed by atoms with E-state index in [0.717, 1.165) is 12.5 Å². The number of hydrogen-bond donors (Lipinski definition) is 1. The molecule has 92 valence electrons. The van der Waals surface area contributed by atoms with Crippen LogP contribution in [0, 0.1) is 5.92 Å². The Morgan fingerprint density at radius 2 is 1.94 bits per heavy atom. The molecule has 1 heterocycles. The zero-order valence-electron chi connectivity index (χ0n) is 10.4. The molecular formula is C13H22BrNS. The number of halogens is 1. The lowest BCUT2D eigenvalue weighted by atomic mass is 9.93.